The molecule has 16 heavy (non-hydrogen) atoms. The Morgan fingerprint density at radius 2 is 2.19 bits per heavy atom. The van der Waals surface area contributed by atoms with Gasteiger partial charge in [0.1, 0.15) is 6.04 Å². The topological polar surface area (TPSA) is 98.7 Å². The lowest BCUT2D eigenvalue weighted by Crippen LogP contribution is -2.45. The van der Waals surface area contributed by atoms with E-state index in [2.05, 4.69) is 10.6 Å². The Balaban J connectivity index is 2.50. The van der Waals surface area contributed by atoms with E-state index in [1.54, 1.807) is 0 Å². The first kappa shape index (κ1) is 12.9. The number of hydrogen-bond acceptors (Lipinski definition) is 4. The van der Waals surface area contributed by atoms with Gasteiger partial charge in [-0.3, -0.25) is 4.79 Å². The molecule has 4 N–H and O–H groups in total. The van der Waals surface area contributed by atoms with E-state index >= 15 is 0 Å². The lowest BCUT2D eigenvalue weighted by molar-refractivity contribution is -0.143. The summed E-state index contributed by atoms with van der Waals surface area (Å²) in [5.74, 6) is -1.33. The van der Waals surface area contributed by atoms with Gasteiger partial charge in [-0.05, 0) is 12.5 Å². The van der Waals surface area contributed by atoms with Gasteiger partial charge in [-0.2, -0.15) is 0 Å². The summed E-state index contributed by atoms with van der Waals surface area (Å²) < 4.78 is 0. The quantitative estimate of drug-likeness (QED) is 0.475. The maximum absolute atomic E-state index is 11.7. The molecule has 0 aromatic carbocycles. The number of carboxylic acids is 1. The third-order valence-electron chi connectivity index (χ3n) is 2.89. The van der Waals surface area contributed by atoms with Crippen LogP contribution in [0, 0.1) is 11.8 Å². The fourth-order valence-electron chi connectivity index (χ4n) is 1.83. The molecule has 1 saturated heterocycles. The van der Waals surface area contributed by atoms with Crippen molar-refractivity contribution < 1.29 is 19.8 Å². The van der Waals surface area contributed by atoms with Crippen LogP contribution in [-0.4, -0.2) is 47.8 Å². The van der Waals surface area contributed by atoms with Crippen LogP contribution in [0.2, 0.25) is 0 Å². The molecule has 1 heterocycles. The average Bonchev–Trinajstić information content (AvgIpc) is 2.63. The molecular formula is C10H18N2O4. The zero-order chi connectivity index (χ0) is 12.1. The molecule has 6 heteroatoms. The summed E-state index contributed by atoms with van der Waals surface area (Å²) in [5, 5.41) is 23.0. The molecule has 1 aliphatic heterocycles. The SMILES string of the molecule is CC1CNCC1C(=O)N[C@H](CCO)C(=O)O. The number of carbonyl (C=O) groups is 2. The van der Waals surface area contributed by atoms with Crippen LogP contribution >= 0.6 is 0 Å². The first-order chi connectivity index (χ1) is 7.56. The zero-order valence-corrected chi connectivity index (χ0v) is 9.27. The molecule has 0 spiro atoms. The molecule has 3 atom stereocenters. The monoisotopic (exact) mass is 230 g/mol. The Bertz CT molecular complexity index is 270. The second kappa shape index (κ2) is 5.81. The number of aliphatic hydroxyl groups is 1. The van der Waals surface area contributed by atoms with E-state index in [1.165, 1.54) is 0 Å². The molecule has 92 valence electrons. The van der Waals surface area contributed by atoms with Crippen molar-refractivity contribution in [2.75, 3.05) is 19.7 Å². The number of aliphatic carboxylic acids is 1. The molecule has 0 aromatic rings. The highest BCUT2D eigenvalue weighted by Crippen LogP contribution is 2.16. The third-order valence-corrected chi connectivity index (χ3v) is 2.89. The predicted molar refractivity (Wildman–Crippen MR) is 56.8 cm³/mol. The highest BCUT2D eigenvalue weighted by Gasteiger charge is 2.31. The van der Waals surface area contributed by atoms with Crippen LogP contribution in [0.1, 0.15) is 13.3 Å². The molecule has 1 aliphatic rings. The first-order valence-electron chi connectivity index (χ1n) is 5.41. The second-order valence-corrected chi connectivity index (χ2v) is 4.15. The van der Waals surface area contributed by atoms with Crippen molar-refractivity contribution in [3.05, 3.63) is 0 Å². The van der Waals surface area contributed by atoms with Crippen LogP contribution in [0.15, 0.2) is 0 Å². The molecular weight excluding hydrogens is 212 g/mol. The maximum Gasteiger partial charge on any atom is 0.326 e. The fraction of sp³-hybridized carbons (Fsp3) is 0.800. The highest BCUT2D eigenvalue weighted by atomic mass is 16.4. The summed E-state index contributed by atoms with van der Waals surface area (Å²) >= 11 is 0. The number of nitrogens with one attached hydrogen (secondary N) is 2. The summed E-state index contributed by atoms with van der Waals surface area (Å²) in [4.78, 5) is 22.5. The van der Waals surface area contributed by atoms with Crippen molar-refractivity contribution in [1.82, 2.24) is 10.6 Å². The number of hydrogen-bond donors (Lipinski definition) is 4. The van der Waals surface area contributed by atoms with Gasteiger partial charge in [0.2, 0.25) is 5.91 Å². The molecule has 0 aromatic heterocycles. The summed E-state index contributed by atoms with van der Waals surface area (Å²) in [6.07, 6.45) is 0.0373. The Morgan fingerprint density at radius 3 is 2.62 bits per heavy atom. The van der Waals surface area contributed by atoms with Crippen LogP contribution < -0.4 is 10.6 Å². The average molecular weight is 230 g/mol. The molecule has 1 fully saturated rings. The van der Waals surface area contributed by atoms with Crippen LogP contribution in [0.5, 0.6) is 0 Å². The number of aliphatic hydroxyl groups excluding tert-OH is 1. The molecule has 6 nitrogen and oxygen atoms in total. The van der Waals surface area contributed by atoms with Crippen LogP contribution in [-0.2, 0) is 9.59 Å². The van der Waals surface area contributed by atoms with Crippen molar-refractivity contribution in [3.63, 3.8) is 0 Å². The smallest absolute Gasteiger partial charge is 0.326 e. The van der Waals surface area contributed by atoms with E-state index in [0.717, 1.165) is 6.54 Å². The summed E-state index contributed by atoms with van der Waals surface area (Å²) in [5.41, 5.74) is 0. The van der Waals surface area contributed by atoms with E-state index in [4.69, 9.17) is 10.2 Å². The Kier molecular flexibility index (Phi) is 4.70. The Labute approximate surface area is 94.0 Å². The molecule has 1 amide bonds. The van der Waals surface area contributed by atoms with E-state index in [-0.39, 0.29) is 30.8 Å². The van der Waals surface area contributed by atoms with Gasteiger partial charge in [0.25, 0.3) is 0 Å². The standard InChI is InChI=1S/C10H18N2O4/c1-6-4-11-5-7(6)9(14)12-8(2-3-13)10(15)16/h6-8,11,13H,2-5H2,1H3,(H,12,14)(H,15,16)/t6?,7?,8-/m1/s1. The Hall–Kier alpha value is -1.14. The summed E-state index contributed by atoms with van der Waals surface area (Å²) in [6.45, 7) is 3.05. The summed E-state index contributed by atoms with van der Waals surface area (Å²) in [7, 11) is 0. The normalized spacial score (nSPS) is 26.4. The minimum atomic E-state index is -1.11. The highest BCUT2D eigenvalue weighted by molar-refractivity contribution is 5.85. The van der Waals surface area contributed by atoms with Gasteiger partial charge in [-0.25, -0.2) is 4.79 Å². The minimum absolute atomic E-state index is 0.0373. The van der Waals surface area contributed by atoms with Gasteiger partial charge in [-0.1, -0.05) is 6.92 Å². The van der Waals surface area contributed by atoms with Gasteiger partial charge in [0.15, 0.2) is 0 Å². The van der Waals surface area contributed by atoms with Gasteiger partial charge < -0.3 is 20.8 Å². The largest absolute Gasteiger partial charge is 0.480 e. The molecule has 0 saturated carbocycles. The molecule has 0 aliphatic carbocycles. The molecule has 1 rings (SSSR count). The Morgan fingerprint density at radius 1 is 1.50 bits per heavy atom. The molecule has 0 bridgehead atoms. The number of carboxylic acid groups (broad SMARTS) is 1. The van der Waals surface area contributed by atoms with E-state index in [0.29, 0.717) is 6.54 Å². The minimum Gasteiger partial charge on any atom is -0.480 e. The molecule has 2 unspecified atom stereocenters. The lowest BCUT2D eigenvalue weighted by Gasteiger charge is -2.18. The third kappa shape index (κ3) is 3.18. The van der Waals surface area contributed by atoms with Crippen molar-refractivity contribution in [2.24, 2.45) is 11.8 Å². The van der Waals surface area contributed by atoms with Crippen LogP contribution in [0.25, 0.3) is 0 Å². The predicted octanol–water partition coefficient (Wildman–Crippen LogP) is -1.21. The van der Waals surface area contributed by atoms with Gasteiger partial charge in [0.05, 0.1) is 5.92 Å². The number of amides is 1. The van der Waals surface area contributed by atoms with E-state index in [1.807, 2.05) is 6.92 Å². The van der Waals surface area contributed by atoms with Crippen molar-refractivity contribution in [2.45, 2.75) is 19.4 Å². The van der Waals surface area contributed by atoms with E-state index in [9.17, 15) is 9.59 Å². The number of carbonyl (C=O) groups excluding carboxylic acids is 1. The van der Waals surface area contributed by atoms with Crippen LogP contribution in [0.3, 0.4) is 0 Å². The fourth-order valence-corrected chi connectivity index (χ4v) is 1.83. The zero-order valence-electron chi connectivity index (χ0n) is 9.27. The van der Waals surface area contributed by atoms with Gasteiger partial charge >= 0.3 is 5.97 Å². The van der Waals surface area contributed by atoms with E-state index < -0.39 is 12.0 Å². The van der Waals surface area contributed by atoms with Crippen LogP contribution in [0.4, 0.5) is 0 Å². The molecule has 0 radical (unpaired) electrons. The van der Waals surface area contributed by atoms with Crippen molar-refractivity contribution in [1.29, 1.82) is 0 Å². The first-order valence-corrected chi connectivity index (χ1v) is 5.41. The second-order valence-electron chi connectivity index (χ2n) is 4.15. The van der Waals surface area contributed by atoms with Crippen molar-refractivity contribution in [3.8, 4) is 0 Å². The van der Waals surface area contributed by atoms with Gasteiger partial charge in [-0.15, -0.1) is 0 Å². The summed E-state index contributed by atoms with van der Waals surface area (Å²) in [6, 6.07) is -0.995. The maximum atomic E-state index is 11.7. The van der Waals surface area contributed by atoms with Gasteiger partial charge in [0, 0.05) is 19.6 Å². The van der Waals surface area contributed by atoms with Crippen molar-refractivity contribution >= 4 is 11.9 Å². The number of rotatable bonds is 5. The lowest BCUT2D eigenvalue weighted by atomic mass is 9.97.